The molecular weight excluding hydrogens is 336 g/mol. The van der Waals surface area contributed by atoms with Crippen LogP contribution in [0.1, 0.15) is 38.2 Å². The van der Waals surface area contributed by atoms with Crippen LogP contribution >= 0.6 is 0 Å². The van der Waals surface area contributed by atoms with E-state index in [1.54, 1.807) is 6.07 Å². The van der Waals surface area contributed by atoms with Gasteiger partial charge >= 0.3 is 0 Å². The topological polar surface area (TPSA) is 58.6 Å². The van der Waals surface area contributed by atoms with Crippen molar-refractivity contribution in [3.05, 3.63) is 48.0 Å². The molecule has 2 aliphatic rings. The van der Waals surface area contributed by atoms with E-state index in [4.69, 9.17) is 4.74 Å². The summed E-state index contributed by atoms with van der Waals surface area (Å²) in [6.07, 6.45) is 1.72. The molecule has 5 nitrogen and oxygen atoms in total. The summed E-state index contributed by atoms with van der Waals surface area (Å²) in [4.78, 5) is 2.42. The van der Waals surface area contributed by atoms with Crippen LogP contribution in [0, 0.1) is 0 Å². The quantitative estimate of drug-likeness (QED) is 0.906. The summed E-state index contributed by atoms with van der Waals surface area (Å²) < 4.78 is 33.8. The summed E-state index contributed by atoms with van der Waals surface area (Å²) >= 11 is 0. The van der Waals surface area contributed by atoms with Crippen LogP contribution < -0.4 is 14.4 Å². The Labute approximate surface area is 148 Å². The van der Waals surface area contributed by atoms with Gasteiger partial charge in [0.05, 0.1) is 11.9 Å². The molecule has 2 aliphatic heterocycles. The van der Waals surface area contributed by atoms with E-state index in [0.717, 1.165) is 25.1 Å². The first-order chi connectivity index (χ1) is 11.9. The van der Waals surface area contributed by atoms with Crippen LogP contribution in [0.4, 0.5) is 5.69 Å². The second kappa shape index (κ2) is 6.04. The highest BCUT2D eigenvalue weighted by Crippen LogP contribution is 2.38. The van der Waals surface area contributed by atoms with Crippen molar-refractivity contribution in [1.82, 2.24) is 4.72 Å². The highest BCUT2D eigenvalue weighted by atomic mass is 32.2. The average molecular weight is 358 g/mol. The molecule has 0 aromatic heterocycles. The molecule has 0 aliphatic carbocycles. The Balaban J connectivity index is 1.68. The molecule has 1 N–H and O–H groups in total. The van der Waals surface area contributed by atoms with Gasteiger partial charge in [0.2, 0.25) is 10.0 Å². The highest BCUT2D eigenvalue weighted by molar-refractivity contribution is 7.89. The Kier molecular flexibility index (Phi) is 3.96. The number of hydrogen-bond donors (Lipinski definition) is 1. The third-order valence-electron chi connectivity index (χ3n) is 4.83. The molecule has 0 saturated carbocycles. The summed E-state index contributed by atoms with van der Waals surface area (Å²) in [6, 6.07) is 13.2. The number of benzene rings is 2. The average Bonchev–Trinajstić information content (AvgIpc) is 3.02. The van der Waals surface area contributed by atoms with Crippen molar-refractivity contribution >= 4 is 15.7 Å². The predicted octanol–water partition coefficient (Wildman–Crippen LogP) is 3.82. The zero-order valence-corrected chi connectivity index (χ0v) is 15.2. The van der Waals surface area contributed by atoms with Crippen molar-refractivity contribution in [3.63, 3.8) is 0 Å². The lowest BCUT2D eigenvalue weighted by Gasteiger charge is -2.33. The number of hydrogen-bond acceptors (Lipinski definition) is 4. The maximum absolute atomic E-state index is 12.6. The van der Waals surface area contributed by atoms with Gasteiger partial charge in [-0.1, -0.05) is 26.0 Å². The Hall–Kier alpha value is -2.05. The molecule has 4 rings (SSSR count). The van der Waals surface area contributed by atoms with Crippen molar-refractivity contribution in [1.29, 1.82) is 0 Å². The zero-order chi connectivity index (χ0) is 17.6. The molecule has 2 aromatic rings. The second-order valence-electron chi connectivity index (χ2n) is 6.93. The lowest BCUT2D eigenvalue weighted by molar-refractivity contribution is 0.478. The molecule has 0 radical (unpaired) electrons. The molecule has 2 aromatic carbocycles. The molecular formula is C19H22N2O3S. The number of sulfonamides is 1. The predicted molar refractivity (Wildman–Crippen MR) is 97.7 cm³/mol. The van der Waals surface area contributed by atoms with E-state index < -0.39 is 10.0 Å². The largest absolute Gasteiger partial charge is 0.457 e. The molecule has 2 heterocycles. The summed E-state index contributed by atoms with van der Waals surface area (Å²) in [5.41, 5.74) is 1.95. The molecule has 0 amide bonds. The first-order valence-corrected chi connectivity index (χ1v) is 10.1. The maximum atomic E-state index is 12.6. The van der Waals surface area contributed by atoms with E-state index in [-0.39, 0.29) is 6.17 Å². The fourth-order valence-corrected chi connectivity index (χ4v) is 4.97. The fraction of sp³-hybridized carbons (Fsp3) is 0.368. The molecule has 1 saturated heterocycles. The van der Waals surface area contributed by atoms with Crippen LogP contribution in [0.3, 0.4) is 0 Å². The minimum Gasteiger partial charge on any atom is -0.457 e. The van der Waals surface area contributed by atoms with E-state index in [1.807, 2.05) is 30.3 Å². The number of ether oxygens (including phenoxy) is 1. The van der Waals surface area contributed by atoms with Crippen LogP contribution in [0.5, 0.6) is 11.5 Å². The standard InChI is InChI=1S/C19H22N2O3S/c1-13(2)14-5-3-6-15(11-14)24-16-8-9-17-18(12-16)25(22,23)20-19-7-4-10-21(17)19/h3,5-6,8-9,11-13,19-20H,4,7,10H2,1-2H3. The van der Waals surface area contributed by atoms with Crippen molar-refractivity contribution < 1.29 is 13.2 Å². The van der Waals surface area contributed by atoms with Crippen molar-refractivity contribution in [2.45, 2.75) is 43.7 Å². The normalized spacial score (nSPS) is 21.1. The van der Waals surface area contributed by atoms with Crippen LogP contribution in [0.25, 0.3) is 0 Å². The Morgan fingerprint density at radius 3 is 2.76 bits per heavy atom. The summed E-state index contributed by atoms with van der Waals surface area (Å²) in [5, 5.41) is 0. The van der Waals surface area contributed by atoms with E-state index in [2.05, 4.69) is 29.5 Å². The third-order valence-corrected chi connectivity index (χ3v) is 6.32. The van der Waals surface area contributed by atoms with E-state index in [0.29, 0.717) is 22.3 Å². The minimum atomic E-state index is -3.50. The smallest absolute Gasteiger partial charge is 0.244 e. The number of fused-ring (bicyclic) bond motifs is 3. The number of anilines is 1. The van der Waals surface area contributed by atoms with Crippen molar-refractivity contribution in [3.8, 4) is 11.5 Å². The van der Waals surface area contributed by atoms with Crippen molar-refractivity contribution in [2.24, 2.45) is 0 Å². The van der Waals surface area contributed by atoms with E-state index in [1.165, 1.54) is 5.56 Å². The SMILES string of the molecule is CC(C)c1cccc(Oc2ccc3c(c2)S(=O)(=O)NC2CCCN32)c1. The first kappa shape index (κ1) is 16.4. The van der Waals surface area contributed by atoms with Gasteiger partial charge in [-0.15, -0.1) is 0 Å². The van der Waals surface area contributed by atoms with Crippen LogP contribution in [-0.4, -0.2) is 21.1 Å². The number of nitrogens with zero attached hydrogens (tertiary/aromatic N) is 1. The summed E-state index contributed by atoms with van der Waals surface area (Å²) in [6.45, 7) is 5.13. The van der Waals surface area contributed by atoms with Gasteiger partial charge in [0.25, 0.3) is 0 Å². The number of rotatable bonds is 3. The lowest BCUT2D eigenvalue weighted by atomic mass is 10.0. The van der Waals surface area contributed by atoms with Crippen LogP contribution in [0.15, 0.2) is 47.4 Å². The lowest BCUT2D eigenvalue weighted by Crippen LogP contribution is -2.48. The Morgan fingerprint density at radius 1 is 1.16 bits per heavy atom. The molecule has 0 spiro atoms. The summed E-state index contributed by atoms with van der Waals surface area (Å²) in [5.74, 6) is 1.65. The van der Waals surface area contributed by atoms with Crippen LogP contribution in [0.2, 0.25) is 0 Å². The van der Waals surface area contributed by atoms with Gasteiger partial charge in [-0.3, -0.25) is 0 Å². The monoisotopic (exact) mass is 358 g/mol. The van der Waals surface area contributed by atoms with Gasteiger partial charge in [0, 0.05) is 12.6 Å². The second-order valence-corrected chi connectivity index (χ2v) is 8.61. The van der Waals surface area contributed by atoms with E-state index >= 15 is 0 Å². The first-order valence-electron chi connectivity index (χ1n) is 8.65. The van der Waals surface area contributed by atoms with Gasteiger partial charge in [0.1, 0.15) is 16.4 Å². The molecule has 25 heavy (non-hydrogen) atoms. The van der Waals surface area contributed by atoms with Gasteiger partial charge < -0.3 is 9.64 Å². The minimum absolute atomic E-state index is 0.119. The van der Waals surface area contributed by atoms with Gasteiger partial charge in [-0.2, -0.15) is 4.72 Å². The Morgan fingerprint density at radius 2 is 1.96 bits per heavy atom. The Bertz CT molecular complexity index is 909. The third kappa shape index (κ3) is 3.00. The summed E-state index contributed by atoms with van der Waals surface area (Å²) in [7, 11) is -3.50. The molecule has 0 bridgehead atoms. The maximum Gasteiger partial charge on any atom is 0.244 e. The zero-order valence-electron chi connectivity index (χ0n) is 14.4. The molecule has 132 valence electrons. The van der Waals surface area contributed by atoms with E-state index in [9.17, 15) is 8.42 Å². The highest BCUT2D eigenvalue weighted by Gasteiger charge is 2.37. The molecule has 6 heteroatoms. The van der Waals surface area contributed by atoms with Gasteiger partial charge in [0.15, 0.2) is 0 Å². The van der Waals surface area contributed by atoms with Crippen LogP contribution in [-0.2, 0) is 10.0 Å². The fourth-order valence-electron chi connectivity index (χ4n) is 3.50. The van der Waals surface area contributed by atoms with Gasteiger partial charge in [-0.25, -0.2) is 8.42 Å². The molecule has 1 atom stereocenters. The van der Waals surface area contributed by atoms with Gasteiger partial charge in [-0.05, 0) is 48.6 Å². The van der Waals surface area contributed by atoms with Crippen molar-refractivity contribution in [2.75, 3.05) is 11.4 Å². The molecule has 1 fully saturated rings. The number of nitrogens with one attached hydrogen (secondary N) is 1. The molecule has 1 unspecified atom stereocenters.